The van der Waals surface area contributed by atoms with Crippen molar-refractivity contribution in [2.45, 2.75) is 32.8 Å². The SMILES string of the molecule is Cc1cc(C(=O)N2CCC(Oc3cccc4c3ccn4C)CC2)c(C)o1. The zero-order chi connectivity index (χ0) is 18.3. The highest BCUT2D eigenvalue weighted by molar-refractivity contribution is 5.95. The van der Waals surface area contributed by atoms with Gasteiger partial charge < -0.3 is 18.6 Å². The van der Waals surface area contributed by atoms with Crippen molar-refractivity contribution in [3.05, 3.63) is 53.6 Å². The molecule has 136 valence electrons. The molecule has 0 atom stereocenters. The normalized spacial score (nSPS) is 15.6. The molecule has 1 aliphatic heterocycles. The van der Waals surface area contributed by atoms with Crippen LogP contribution in [-0.2, 0) is 7.05 Å². The Morgan fingerprint density at radius 2 is 1.96 bits per heavy atom. The highest BCUT2D eigenvalue weighted by Crippen LogP contribution is 2.29. The molecule has 5 heteroatoms. The van der Waals surface area contributed by atoms with Crippen LogP contribution in [0.1, 0.15) is 34.7 Å². The summed E-state index contributed by atoms with van der Waals surface area (Å²) >= 11 is 0. The number of furan rings is 1. The molecule has 1 amide bonds. The van der Waals surface area contributed by atoms with Gasteiger partial charge in [-0.2, -0.15) is 0 Å². The van der Waals surface area contributed by atoms with Crippen molar-refractivity contribution < 1.29 is 13.9 Å². The van der Waals surface area contributed by atoms with Crippen LogP contribution in [0.5, 0.6) is 5.75 Å². The van der Waals surface area contributed by atoms with Gasteiger partial charge in [0.15, 0.2) is 0 Å². The number of aromatic nitrogens is 1. The van der Waals surface area contributed by atoms with Gasteiger partial charge in [0.2, 0.25) is 0 Å². The maximum Gasteiger partial charge on any atom is 0.257 e. The molecule has 3 aromatic rings. The third-order valence-corrected chi connectivity index (χ3v) is 5.18. The Hall–Kier alpha value is -2.69. The smallest absolute Gasteiger partial charge is 0.257 e. The van der Waals surface area contributed by atoms with Crippen LogP contribution < -0.4 is 4.74 Å². The fourth-order valence-electron chi connectivity index (χ4n) is 3.75. The van der Waals surface area contributed by atoms with Gasteiger partial charge in [0, 0.05) is 44.6 Å². The summed E-state index contributed by atoms with van der Waals surface area (Å²) in [4.78, 5) is 14.6. The molecular weight excluding hydrogens is 328 g/mol. The number of carbonyl (C=O) groups excluding carboxylic acids is 1. The van der Waals surface area contributed by atoms with Crippen molar-refractivity contribution in [3.63, 3.8) is 0 Å². The molecule has 3 heterocycles. The van der Waals surface area contributed by atoms with E-state index in [2.05, 4.69) is 16.7 Å². The first-order valence-electron chi connectivity index (χ1n) is 9.10. The lowest BCUT2D eigenvalue weighted by Crippen LogP contribution is -2.41. The number of carbonyl (C=O) groups is 1. The number of fused-ring (bicyclic) bond motifs is 1. The van der Waals surface area contributed by atoms with Crippen LogP contribution in [0.15, 0.2) is 40.9 Å². The van der Waals surface area contributed by atoms with E-state index in [1.807, 2.05) is 50.2 Å². The quantitative estimate of drug-likeness (QED) is 0.714. The Kier molecular flexibility index (Phi) is 4.23. The number of likely N-dealkylation sites (tertiary alicyclic amines) is 1. The fourth-order valence-corrected chi connectivity index (χ4v) is 3.75. The van der Waals surface area contributed by atoms with Crippen LogP contribution >= 0.6 is 0 Å². The molecule has 1 saturated heterocycles. The third-order valence-electron chi connectivity index (χ3n) is 5.18. The molecule has 0 saturated carbocycles. The number of amides is 1. The van der Waals surface area contributed by atoms with Gasteiger partial charge >= 0.3 is 0 Å². The molecule has 0 bridgehead atoms. The van der Waals surface area contributed by atoms with E-state index < -0.39 is 0 Å². The number of aryl methyl sites for hydroxylation is 3. The number of rotatable bonds is 3. The summed E-state index contributed by atoms with van der Waals surface area (Å²) < 4.78 is 13.9. The van der Waals surface area contributed by atoms with Crippen molar-refractivity contribution in [3.8, 4) is 5.75 Å². The second kappa shape index (κ2) is 6.56. The van der Waals surface area contributed by atoms with Gasteiger partial charge in [-0.1, -0.05) is 6.07 Å². The lowest BCUT2D eigenvalue weighted by Gasteiger charge is -2.32. The van der Waals surface area contributed by atoms with Crippen LogP contribution in [0.2, 0.25) is 0 Å². The Morgan fingerprint density at radius 3 is 2.65 bits per heavy atom. The first kappa shape index (κ1) is 16.8. The van der Waals surface area contributed by atoms with Gasteiger partial charge in [-0.05, 0) is 38.1 Å². The zero-order valence-corrected chi connectivity index (χ0v) is 15.5. The minimum absolute atomic E-state index is 0.0583. The van der Waals surface area contributed by atoms with E-state index in [1.54, 1.807) is 0 Å². The summed E-state index contributed by atoms with van der Waals surface area (Å²) in [5.74, 6) is 2.46. The van der Waals surface area contributed by atoms with Crippen molar-refractivity contribution in [2.24, 2.45) is 7.05 Å². The van der Waals surface area contributed by atoms with Crippen molar-refractivity contribution in [2.75, 3.05) is 13.1 Å². The van der Waals surface area contributed by atoms with E-state index >= 15 is 0 Å². The molecule has 26 heavy (non-hydrogen) atoms. The van der Waals surface area contributed by atoms with Crippen LogP contribution in [0.3, 0.4) is 0 Å². The minimum atomic E-state index is 0.0583. The second-order valence-electron chi connectivity index (χ2n) is 7.05. The fraction of sp³-hybridized carbons (Fsp3) is 0.381. The van der Waals surface area contributed by atoms with Gasteiger partial charge in [-0.3, -0.25) is 4.79 Å². The average molecular weight is 352 g/mol. The number of nitrogens with zero attached hydrogens (tertiary/aromatic N) is 2. The van der Waals surface area contributed by atoms with E-state index in [9.17, 15) is 4.79 Å². The number of ether oxygens (including phenoxy) is 1. The summed E-state index contributed by atoms with van der Waals surface area (Å²) in [6, 6.07) is 10.1. The van der Waals surface area contributed by atoms with E-state index in [0.29, 0.717) is 24.4 Å². The van der Waals surface area contributed by atoms with E-state index in [1.165, 1.54) is 5.52 Å². The van der Waals surface area contributed by atoms with Crippen LogP contribution in [0, 0.1) is 13.8 Å². The molecular formula is C21H24N2O3. The average Bonchev–Trinajstić information content (AvgIpc) is 3.18. The molecule has 2 aromatic heterocycles. The molecule has 0 spiro atoms. The standard InChI is InChI=1S/C21H24N2O3/c1-14-13-18(15(2)25-14)21(24)23-11-7-16(8-12-23)26-20-6-4-5-19-17(20)9-10-22(19)3/h4-6,9-10,13,16H,7-8,11-12H2,1-3H3. The third kappa shape index (κ3) is 2.98. The minimum Gasteiger partial charge on any atom is -0.490 e. The van der Waals surface area contributed by atoms with Crippen LogP contribution in [0.25, 0.3) is 10.9 Å². The second-order valence-corrected chi connectivity index (χ2v) is 7.05. The van der Waals surface area contributed by atoms with E-state index in [4.69, 9.17) is 9.15 Å². The highest BCUT2D eigenvalue weighted by atomic mass is 16.5. The van der Waals surface area contributed by atoms with Gasteiger partial charge in [0.1, 0.15) is 23.4 Å². The van der Waals surface area contributed by atoms with Crippen LogP contribution in [-0.4, -0.2) is 34.6 Å². The van der Waals surface area contributed by atoms with Crippen LogP contribution in [0.4, 0.5) is 0 Å². The Morgan fingerprint density at radius 1 is 1.19 bits per heavy atom. The number of hydrogen-bond donors (Lipinski definition) is 0. The topological polar surface area (TPSA) is 47.6 Å². The van der Waals surface area contributed by atoms with Gasteiger partial charge in [-0.25, -0.2) is 0 Å². The summed E-state index contributed by atoms with van der Waals surface area (Å²) in [5, 5.41) is 1.14. The molecule has 1 aliphatic rings. The maximum absolute atomic E-state index is 12.7. The molecule has 0 radical (unpaired) electrons. The van der Waals surface area contributed by atoms with Crippen molar-refractivity contribution in [1.29, 1.82) is 0 Å². The monoisotopic (exact) mass is 352 g/mol. The predicted octanol–water partition coefficient (Wildman–Crippen LogP) is 4.07. The molecule has 0 aliphatic carbocycles. The summed E-state index contributed by atoms with van der Waals surface area (Å²) in [6.45, 7) is 5.13. The Balaban J connectivity index is 1.42. The first-order valence-corrected chi connectivity index (χ1v) is 9.10. The van der Waals surface area contributed by atoms with Crippen molar-refractivity contribution in [1.82, 2.24) is 9.47 Å². The van der Waals surface area contributed by atoms with E-state index in [0.717, 1.165) is 29.7 Å². The predicted molar refractivity (Wildman–Crippen MR) is 101 cm³/mol. The number of hydrogen-bond acceptors (Lipinski definition) is 3. The van der Waals surface area contributed by atoms with Gasteiger partial charge in [0.25, 0.3) is 5.91 Å². The van der Waals surface area contributed by atoms with E-state index in [-0.39, 0.29) is 12.0 Å². The summed E-state index contributed by atoms with van der Waals surface area (Å²) in [5.41, 5.74) is 1.84. The molecule has 1 aromatic carbocycles. The molecule has 4 rings (SSSR count). The number of benzene rings is 1. The molecule has 5 nitrogen and oxygen atoms in total. The lowest BCUT2D eigenvalue weighted by atomic mass is 10.1. The lowest BCUT2D eigenvalue weighted by molar-refractivity contribution is 0.0596. The zero-order valence-electron chi connectivity index (χ0n) is 15.5. The van der Waals surface area contributed by atoms with Gasteiger partial charge in [0.05, 0.1) is 11.1 Å². The molecule has 0 N–H and O–H groups in total. The Labute approximate surface area is 153 Å². The maximum atomic E-state index is 12.7. The molecule has 1 fully saturated rings. The van der Waals surface area contributed by atoms with Gasteiger partial charge in [-0.15, -0.1) is 0 Å². The largest absolute Gasteiger partial charge is 0.490 e. The molecule has 0 unspecified atom stereocenters. The first-order chi connectivity index (χ1) is 12.5. The summed E-state index contributed by atoms with van der Waals surface area (Å²) in [6.07, 6.45) is 3.86. The Bertz CT molecular complexity index is 945. The van der Waals surface area contributed by atoms with Crippen molar-refractivity contribution >= 4 is 16.8 Å². The highest BCUT2D eigenvalue weighted by Gasteiger charge is 2.27. The summed E-state index contributed by atoms with van der Waals surface area (Å²) in [7, 11) is 2.04. The number of piperidine rings is 1.